The zero-order chi connectivity index (χ0) is 10.7. The molecule has 15 heavy (non-hydrogen) atoms. The van der Waals surface area contributed by atoms with E-state index in [0.29, 0.717) is 10.6 Å². The fraction of sp³-hybridized carbons (Fsp3) is 0.0909. The first-order chi connectivity index (χ1) is 7.36. The standard InChI is InChI=1S/C11H6N2OS/c12-5-6-14-11-8-3-1-2-4-9(8)15-10(11)7-13/h1-4H,6H2. The molecule has 1 heterocycles. The Balaban J connectivity index is 2.59. The van der Waals surface area contributed by atoms with Crippen LogP contribution < -0.4 is 4.74 Å². The predicted octanol–water partition coefficient (Wildman–Crippen LogP) is 2.68. The van der Waals surface area contributed by atoms with Gasteiger partial charge in [-0.1, -0.05) is 12.1 Å². The molecule has 72 valence electrons. The van der Waals surface area contributed by atoms with Crippen molar-refractivity contribution in [2.75, 3.05) is 6.61 Å². The molecule has 0 aliphatic rings. The number of benzene rings is 1. The average Bonchev–Trinajstić information content (AvgIpc) is 2.64. The lowest BCUT2D eigenvalue weighted by atomic mass is 10.2. The van der Waals surface area contributed by atoms with Gasteiger partial charge in [-0.15, -0.1) is 11.3 Å². The summed E-state index contributed by atoms with van der Waals surface area (Å²) in [5.74, 6) is 0.527. The molecule has 1 aromatic carbocycles. The van der Waals surface area contributed by atoms with Gasteiger partial charge in [-0.3, -0.25) is 0 Å². The van der Waals surface area contributed by atoms with E-state index in [1.165, 1.54) is 11.3 Å². The van der Waals surface area contributed by atoms with Gasteiger partial charge in [0.05, 0.1) is 0 Å². The summed E-state index contributed by atoms with van der Waals surface area (Å²) in [5, 5.41) is 18.3. The minimum Gasteiger partial charge on any atom is -0.476 e. The zero-order valence-electron chi connectivity index (χ0n) is 7.73. The van der Waals surface area contributed by atoms with E-state index in [-0.39, 0.29) is 6.61 Å². The molecule has 0 N–H and O–H groups in total. The predicted molar refractivity (Wildman–Crippen MR) is 57.6 cm³/mol. The molecular formula is C11H6N2OS. The number of ether oxygens (including phenoxy) is 1. The molecule has 3 nitrogen and oxygen atoms in total. The number of fused-ring (bicyclic) bond motifs is 1. The molecular weight excluding hydrogens is 208 g/mol. The minimum atomic E-state index is -0.0323. The Morgan fingerprint density at radius 3 is 2.80 bits per heavy atom. The molecule has 0 bridgehead atoms. The largest absolute Gasteiger partial charge is 0.476 e. The van der Waals surface area contributed by atoms with Gasteiger partial charge in [0.15, 0.2) is 12.4 Å². The Bertz CT molecular complexity index is 574. The van der Waals surface area contributed by atoms with Crippen molar-refractivity contribution < 1.29 is 4.74 Å². The van der Waals surface area contributed by atoms with Gasteiger partial charge >= 0.3 is 0 Å². The van der Waals surface area contributed by atoms with Crippen molar-refractivity contribution in [1.82, 2.24) is 0 Å². The Morgan fingerprint density at radius 1 is 1.27 bits per heavy atom. The van der Waals surface area contributed by atoms with Crippen LogP contribution >= 0.6 is 11.3 Å². The van der Waals surface area contributed by atoms with Crippen LogP contribution in [0.5, 0.6) is 5.75 Å². The fourth-order valence-corrected chi connectivity index (χ4v) is 2.29. The molecule has 0 fully saturated rings. The maximum Gasteiger partial charge on any atom is 0.174 e. The van der Waals surface area contributed by atoms with Crippen LogP contribution in [0.4, 0.5) is 0 Å². The van der Waals surface area contributed by atoms with E-state index in [0.717, 1.165) is 10.1 Å². The maximum atomic E-state index is 8.92. The number of nitrogens with zero attached hydrogens (tertiary/aromatic N) is 2. The summed E-state index contributed by atoms with van der Waals surface area (Å²) in [6.07, 6.45) is 0. The molecule has 2 rings (SSSR count). The molecule has 0 atom stereocenters. The highest BCUT2D eigenvalue weighted by Gasteiger charge is 2.12. The van der Waals surface area contributed by atoms with Crippen LogP contribution in [0.3, 0.4) is 0 Å². The van der Waals surface area contributed by atoms with Gasteiger partial charge in [0.1, 0.15) is 17.0 Å². The van der Waals surface area contributed by atoms with Gasteiger partial charge in [-0.05, 0) is 12.1 Å². The van der Waals surface area contributed by atoms with Crippen molar-refractivity contribution in [3.63, 3.8) is 0 Å². The lowest BCUT2D eigenvalue weighted by molar-refractivity contribution is 0.373. The molecule has 0 unspecified atom stereocenters. The van der Waals surface area contributed by atoms with Crippen LogP contribution in [0.2, 0.25) is 0 Å². The first-order valence-corrected chi connectivity index (χ1v) is 5.10. The highest BCUT2D eigenvalue weighted by molar-refractivity contribution is 7.20. The highest BCUT2D eigenvalue weighted by Crippen LogP contribution is 2.36. The van der Waals surface area contributed by atoms with E-state index in [9.17, 15) is 0 Å². The molecule has 0 aliphatic heterocycles. The van der Waals surface area contributed by atoms with Crippen LogP contribution in [-0.4, -0.2) is 6.61 Å². The molecule has 0 aliphatic carbocycles. The molecule has 0 saturated heterocycles. The summed E-state index contributed by atoms with van der Waals surface area (Å²) in [5.41, 5.74) is 0. The summed E-state index contributed by atoms with van der Waals surface area (Å²) < 4.78 is 6.26. The molecule has 4 heteroatoms. The quantitative estimate of drug-likeness (QED) is 0.772. The maximum absolute atomic E-state index is 8.92. The van der Waals surface area contributed by atoms with Gasteiger partial charge < -0.3 is 4.74 Å². The topological polar surface area (TPSA) is 56.8 Å². The number of hydrogen-bond donors (Lipinski definition) is 0. The second-order valence-corrected chi connectivity index (χ2v) is 3.87. The molecule has 0 amide bonds. The van der Waals surface area contributed by atoms with Crippen LogP contribution in [0.25, 0.3) is 10.1 Å². The Hall–Kier alpha value is -2.04. The summed E-state index contributed by atoms with van der Waals surface area (Å²) in [6.45, 7) is -0.0323. The fourth-order valence-electron chi connectivity index (χ4n) is 1.34. The Labute approximate surface area is 90.7 Å². The average molecular weight is 214 g/mol. The lowest BCUT2D eigenvalue weighted by Crippen LogP contribution is -1.93. The van der Waals surface area contributed by atoms with Crippen LogP contribution in [0, 0.1) is 22.7 Å². The van der Waals surface area contributed by atoms with E-state index < -0.39 is 0 Å². The van der Waals surface area contributed by atoms with Gasteiger partial charge in [-0.2, -0.15) is 10.5 Å². The SMILES string of the molecule is N#CCOc1c(C#N)sc2ccccc12. The first-order valence-electron chi connectivity index (χ1n) is 4.28. The van der Waals surface area contributed by atoms with Crippen molar-refractivity contribution in [3.05, 3.63) is 29.1 Å². The van der Waals surface area contributed by atoms with Crippen molar-refractivity contribution in [2.45, 2.75) is 0 Å². The van der Waals surface area contributed by atoms with Crippen LogP contribution in [0.1, 0.15) is 4.88 Å². The van der Waals surface area contributed by atoms with E-state index in [1.807, 2.05) is 30.3 Å². The summed E-state index contributed by atoms with van der Waals surface area (Å²) in [7, 11) is 0. The third kappa shape index (κ3) is 1.63. The van der Waals surface area contributed by atoms with Gasteiger partial charge in [-0.25, -0.2) is 0 Å². The van der Waals surface area contributed by atoms with Gasteiger partial charge in [0.25, 0.3) is 0 Å². The second-order valence-electron chi connectivity index (χ2n) is 2.82. The van der Waals surface area contributed by atoms with Crippen molar-refractivity contribution in [2.24, 2.45) is 0 Å². The Kier molecular flexibility index (Phi) is 2.53. The van der Waals surface area contributed by atoms with Crippen molar-refractivity contribution >= 4 is 21.4 Å². The molecule has 2 aromatic rings. The van der Waals surface area contributed by atoms with Crippen molar-refractivity contribution in [1.29, 1.82) is 10.5 Å². The minimum absolute atomic E-state index is 0.0323. The molecule has 0 saturated carbocycles. The van der Waals surface area contributed by atoms with Crippen LogP contribution in [0.15, 0.2) is 24.3 Å². The van der Waals surface area contributed by atoms with E-state index in [2.05, 4.69) is 6.07 Å². The van der Waals surface area contributed by atoms with E-state index in [1.54, 1.807) is 0 Å². The summed E-state index contributed by atoms with van der Waals surface area (Å²) >= 11 is 1.38. The third-order valence-electron chi connectivity index (χ3n) is 1.93. The zero-order valence-corrected chi connectivity index (χ0v) is 8.54. The number of nitriles is 2. The highest BCUT2D eigenvalue weighted by atomic mass is 32.1. The monoisotopic (exact) mass is 214 g/mol. The summed E-state index contributed by atoms with van der Waals surface area (Å²) in [4.78, 5) is 0.520. The van der Waals surface area contributed by atoms with E-state index >= 15 is 0 Å². The smallest absolute Gasteiger partial charge is 0.174 e. The van der Waals surface area contributed by atoms with Crippen molar-refractivity contribution in [3.8, 4) is 17.9 Å². The van der Waals surface area contributed by atoms with Gasteiger partial charge in [0, 0.05) is 10.1 Å². The van der Waals surface area contributed by atoms with Crippen LogP contribution in [-0.2, 0) is 0 Å². The van der Waals surface area contributed by atoms with E-state index in [4.69, 9.17) is 15.3 Å². The molecule has 0 spiro atoms. The molecule has 0 radical (unpaired) electrons. The number of rotatable bonds is 2. The number of hydrogen-bond acceptors (Lipinski definition) is 4. The number of thiophene rings is 1. The lowest BCUT2D eigenvalue weighted by Gasteiger charge is -1.98. The first kappa shape index (κ1) is 9.51. The second kappa shape index (κ2) is 4.00. The Morgan fingerprint density at radius 2 is 2.07 bits per heavy atom. The summed E-state index contributed by atoms with van der Waals surface area (Å²) in [6, 6.07) is 11.6. The third-order valence-corrected chi connectivity index (χ3v) is 2.99. The van der Waals surface area contributed by atoms with Gasteiger partial charge in [0.2, 0.25) is 0 Å². The normalized spacial score (nSPS) is 9.47. The molecule has 1 aromatic heterocycles.